The van der Waals surface area contributed by atoms with E-state index < -0.39 is 0 Å². The summed E-state index contributed by atoms with van der Waals surface area (Å²) in [6.45, 7) is 13.9. The molecular formula is C14H32O4. The van der Waals surface area contributed by atoms with Gasteiger partial charge in [0.1, 0.15) is 0 Å². The molecule has 0 unspecified atom stereocenters. The van der Waals surface area contributed by atoms with Gasteiger partial charge in [-0.2, -0.15) is 0 Å². The normalized spacial score (nSPS) is 10.6. The Balaban J connectivity index is -0.000000187. The number of carbonyl (C=O) groups is 1. The van der Waals surface area contributed by atoms with Gasteiger partial charge < -0.3 is 14.2 Å². The third-order valence-electron chi connectivity index (χ3n) is 1.74. The quantitative estimate of drug-likeness (QED) is 0.681. The van der Waals surface area contributed by atoms with Crippen molar-refractivity contribution in [1.82, 2.24) is 0 Å². The summed E-state index contributed by atoms with van der Waals surface area (Å²) >= 11 is 0. The molecule has 0 N–H and O–H groups in total. The summed E-state index contributed by atoms with van der Waals surface area (Å²) in [6, 6.07) is 0. The van der Waals surface area contributed by atoms with E-state index in [1.54, 1.807) is 21.1 Å². The van der Waals surface area contributed by atoms with E-state index >= 15 is 0 Å². The van der Waals surface area contributed by atoms with E-state index in [1.807, 2.05) is 41.5 Å². The Kier molecular flexibility index (Phi) is 14.4. The maximum atomic E-state index is 9.96. The van der Waals surface area contributed by atoms with Gasteiger partial charge in [0.15, 0.2) is 0 Å². The minimum atomic E-state index is -0.157. The Labute approximate surface area is 113 Å². The summed E-state index contributed by atoms with van der Waals surface area (Å²) in [6.07, 6.45) is 0.469. The molecule has 0 saturated heterocycles. The van der Waals surface area contributed by atoms with Crippen LogP contribution in [0.2, 0.25) is 0 Å². The number of methoxy groups -OCH3 is 3. The molecular weight excluding hydrogens is 232 g/mol. The Bertz CT molecular complexity index is 167. The summed E-state index contributed by atoms with van der Waals surface area (Å²) in [5.74, 6) is -0.157. The smallest absolute Gasteiger partial charge is 0.305 e. The first-order valence-electron chi connectivity index (χ1n) is 6.10. The van der Waals surface area contributed by atoms with Gasteiger partial charge in [-0.15, -0.1) is 0 Å². The van der Waals surface area contributed by atoms with Crippen LogP contribution in [-0.2, 0) is 19.0 Å². The molecule has 0 fully saturated rings. The molecule has 0 aromatic rings. The van der Waals surface area contributed by atoms with Gasteiger partial charge in [-0.3, -0.25) is 4.79 Å². The minimum Gasteiger partial charge on any atom is -0.469 e. The molecule has 0 aromatic carbocycles. The van der Waals surface area contributed by atoms with Crippen LogP contribution in [0.25, 0.3) is 0 Å². The van der Waals surface area contributed by atoms with Gasteiger partial charge in [0.2, 0.25) is 0 Å². The number of carbonyl (C=O) groups excluding carboxylic acids is 1. The minimum absolute atomic E-state index is 0.0417. The lowest BCUT2D eigenvalue weighted by Crippen LogP contribution is -2.15. The van der Waals surface area contributed by atoms with E-state index in [9.17, 15) is 4.79 Å². The lowest BCUT2D eigenvalue weighted by atomic mass is 10.2. The van der Waals surface area contributed by atoms with Crippen LogP contribution in [-0.4, -0.2) is 38.5 Å². The van der Waals surface area contributed by atoms with Crippen molar-refractivity contribution in [3.63, 3.8) is 0 Å². The average molecular weight is 264 g/mol. The standard InChI is InChI=1S/2C5H12O.C4H8O2/c2*1-5(2,3)6-4;1-3-4(5)6-2/h2*1-4H3;3H2,1-2H3. The molecule has 0 atom stereocenters. The van der Waals surface area contributed by atoms with Crippen molar-refractivity contribution in [2.24, 2.45) is 0 Å². The van der Waals surface area contributed by atoms with Gasteiger partial charge in [-0.05, 0) is 41.5 Å². The first-order chi connectivity index (χ1) is 7.93. The van der Waals surface area contributed by atoms with E-state index in [4.69, 9.17) is 9.47 Å². The van der Waals surface area contributed by atoms with Crippen molar-refractivity contribution in [3.05, 3.63) is 0 Å². The fourth-order valence-electron chi connectivity index (χ4n) is 0.144. The van der Waals surface area contributed by atoms with Gasteiger partial charge in [-0.1, -0.05) is 6.92 Å². The van der Waals surface area contributed by atoms with Crippen LogP contribution in [0, 0.1) is 0 Å². The topological polar surface area (TPSA) is 44.8 Å². The lowest BCUT2D eigenvalue weighted by Gasteiger charge is -2.14. The van der Waals surface area contributed by atoms with E-state index in [1.165, 1.54) is 7.11 Å². The zero-order valence-electron chi connectivity index (χ0n) is 13.8. The van der Waals surface area contributed by atoms with Crippen molar-refractivity contribution in [3.8, 4) is 0 Å². The van der Waals surface area contributed by atoms with Crippen LogP contribution >= 0.6 is 0 Å². The Hall–Kier alpha value is -0.610. The Morgan fingerprint density at radius 1 is 0.833 bits per heavy atom. The SMILES string of the molecule is CCC(=O)OC.COC(C)(C)C.COC(C)(C)C. The van der Waals surface area contributed by atoms with Gasteiger partial charge >= 0.3 is 5.97 Å². The second kappa shape index (κ2) is 11.5. The largest absolute Gasteiger partial charge is 0.469 e. The maximum Gasteiger partial charge on any atom is 0.305 e. The second-order valence-corrected chi connectivity index (χ2v) is 5.56. The zero-order valence-corrected chi connectivity index (χ0v) is 13.8. The predicted molar refractivity (Wildman–Crippen MR) is 75.8 cm³/mol. The fraction of sp³-hybridized carbons (Fsp3) is 0.929. The molecule has 0 aliphatic heterocycles. The number of hydrogen-bond acceptors (Lipinski definition) is 4. The van der Waals surface area contributed by atoms with Crippen LogP contribution < -0.4 is 0 Å². The molecule has 0 heterocycles. The fourth-order valence-corrected chi connectivity index (χ4v) is 0.144. The zero-order chi connectivity index (χ0) is 15.4. The van der Waals surface area contributed by atoms with E-state index in [0.29, 0.717) is 6.42 Å². The second-order valence-electron chi connectivity index (χ2n) is 5.56. The summed E-state index contributed by atoms with van der Waals surface area (Å²) in [5, 5.41) is 0. The number of ether oxygens (including phenoxy) is 3. The first kappa shape index (κ1) is 22.6. The highest BCUT2D eigenvalue weighted by atomic mass is 16.5. The van der Waals surface area contributed by atoms with Crippen molar-refractivity contribution in [2.45, 2.75) is 66.1 Å². The van der Waals surface area contributed by atoms with Crippen LogP contribution in [0.3, 0.4) is 0 Å². The molecule has 0 aromatic heterocycles. The van der Waals surface area contributed by atoms with E-state index in [0.717, 1.165) is 0 Å². The Morgan fingerprint density at radius 3 is 1.06 bits per heavy atom. The molecule has 0 amide bonds. The summed E-state index contributed by atoms with van der Waals surface area (Å²) in [4.78, 5) is 9.96. The third kappa shape index (κ3) is 36.1. The molecule has 0 aliphatic carbocycles. The number of esters is 1. The molecule has 18 heavy (non-hydrogen) atoms. The van der Waals surface area contributed by atoms with Gasteiger partial charge in [0, 0.05) is 20.6 Å². The van der Waals surface area contributed by atoms with Crippen molar-refractivity contribution < 1.29 is 19.0 Å². The van der Waals surface area contributed by atoms with Crippen molar-refractivity contribution >= 4 is 5.97 Å². The monoisotopic (exact) mass is 264 g/mol. The third-order valence-corrected chi connectivity index (χ3v) is 1.74. The van der Waals surface area contributed by atoms with Crippen molar-refractivity contribution in [1.29, 1.82) is 0 Å². The molecule has 0 spiro atoms. The summed E-state index contributed by atoms with van der Waals surface area (Å²) < 4.78 is 14.1. The average Bonchev–Trinajstić information content (AvgIpc) is 2.27. The predicted octanol–water partition coefficient (Wildman–Crippen LogP) is 3.43. The van der Waals surface area contributed by atoms with Gasteiger partial charge in [0.25, 0.3) is 0 Å². The van der Waals surface area contributed by atoms with Crippen LogP contribution in [0.5, 0.6) is 0 Å². The Morgan fingerprint density at radius 2 is 1.06 bits per heavy atom. The number of hydrogen-bond donors (Lipinski definition) is 0. The first-order valence-corrected chi connectivity index (χ1v) is 6.10. The summed E-state index contributed by atoms with van der Waals surface area (Å²) in [7, 11) is 4.80. The van der Waals surface area contributed by atoms with Crippen LogP contribution in [0.1, 0.15) is 54.9 Å². The molecule has 0 saturated carbocycles. The lowest BCUT2D eigenvalue weighted by molar-refractivity contribution is -0.140. The molecule has 0 radical (unpaired) electrons. The summed E-state index contributed by atoms with van der Waals surface area (Å²) in [5.41, 5.74) is 0.0833. The molecule has 4 heteroatoms. The maximum absolute atomic E-state index is 9.96. The highest BCUT2D eigenvalue weighted by molar-refractivity contribution is 5.68. The molecule has 0 rings (SSSR count). The van der Waals surface area contributed by atoms with E-state index in [-0.39, 0.29) is 17.2 Å². The van der Waals surface area contributed by atoms with Gasteiger partial charge in [-0.25, -0.2) is 0 Å². The van der Waals surface area contributed by atoms with E-state index in [2.05, 4.69) is 4.74 Å². The number of rotatable bonds is 1. The van der Waals surface area contributed by atoms with Crippen LogP contribution in [0.15, 0.2) is 0 Å². The van der Waals surface area contributed by atoms with Crippen molar-refractivity contribution in [2.75, 3.05) is 21.3 Å². The molecule has 0 bridgehead atoms. The van der Waals surface area contributed by atoms with Gasteiger partial charge in [0.05, 0.1) is 18.3 Å². The highest BCUT2D eigenvalue weighted by Crippen LogP contribution is 2.02. The molecule has 112 valence electrons. The highest BCUT2D eigenvalue weighted by Gasteiger charge is 2.04. The molecule has 0 aliphatic rings. The molecule has 4 nitrogen and oxygen atoms in total. The van der Waals surface area contributed by atoms with Crippen LogP contribution in [0.4, 0.5) is 0 Å².